The van der Waals surface area contributed by atoms with Crippen molar-refractivity contribution in [2.75, 3.05) is 26.8 Å². The minimum atomic E-state index is -0.0898. The number of likely N-dealkylation sites (tertiary alicyclic amines) is 1. The molecule has 3 heterocycles. The van der Waals surface area contributed by atoms with E-state index in [0.717, 1.165) is 37.2 Å². The highest BCUT2D eigenvalue weighted by Gasteiger charge is 2.30. The zero-order valence-electron chi connectivity index (χ0n) is 16.8. The summed E-state index contributed by atoms with van der Waals surface area (Å²) in [4.78, 5) is 27.9. The van der Waals surface area contributed by atoms with E-state index < -0.39 is 0 Å². The van der Waals surface area contributed by atoms with Crippen LogP contribution in [0, 0.1) is 0 Å². The van der Waals surface area contributed by atoms with Gasteiger partial charge >= 0.3 is 5.69 Å². The maximum atomic E-state index is 12.9. The number of methoxy groups -OCH3 is 1. The third-order valence-corrected chi connectivity index (χ3v) is 5.92. The Hall–Kier alpha value is -2.07. The third-order valence-electron chi connectivity index (χ3n) is 5.16. The SMILES string of the molecule is CCCc1nnsc1C(=O)N1CCC(c2nn(CCOC)c(=O)n2CC)CC1. The van der Waals surface area contributed by atoms with Gasteiger partial charge in [-0.15, -0.1) is 5.10 Å². The van der Waals surface area contributed by atoms with Gasteiger partial charge < -0.3 is 9.64 Å². The number of ether oxygens (including phenoxy) is 1. The first kappa shape index (κ1) is 20.7. The van der Waals surface area contributed by atoms with Crippen LogP contribution in [0.5, 0.6) is 0 Å². The van der Waals surface area contributed by atoms with E-state index in [1.165, 1.54) is 16.2 Å². The third kappa shape index (κ3) is 4.17. The quantitative estimate of drug-likeness (QED) is 0.657. The average Bonchev–Trinajstić information content (AvgIpc) is 3.30. The summed E-state index contributed by atoms with van der Waals surface area (Å²) in [5, 5.41) is 8.67. The molecule has 1 aliphatic heterocycles. The van der Waals surface area contributed by atoms with Gasteiger partial charge in [-0.05, 0) is 37.7 Å². The second kappa shape index (κ2) is 9.42. The molecule has 0 unspecified atom stereocenters. The molecule has 1 fully saturated rings. The van der Waals surface area contributed by atoms with Crippen molar-refractivity contribution in [1.29, 1.82) is 0 Å². The van der Waals surface area contributed by atoms with Crippen LogP contribution in [-0.4, -0.2) is 61.5 Å². The lowest BCUT2D eigenvalue weighted by molar-refractivity contribution is 0.0713. The minimum absolute atomic E-state index is 0.0235. The number of aryl methyl sites for hydroxylation is 1. The molecular formula is C18H28N6O3S. The van der Waals surface area contributed by atoms with Gasteiger partial charge in [0.15, 0.2) is 0 Å². The molecule has 0 aromatic carbocycles. The van der Waals surface area contributed by atoms with E-state index in [0.29, 0.717) is 37.7 Å². The van der Waals surface area contributed by atoms with Crippen molar-refractivity contribution in [2.24, 2.45) is 0 Å². The van der Waals surface area contributed by atoms with Crippen molar-refractivity contribution in [3.63, 3.8) is 0 Å². The van der Waals surface area contributed by atoms with Gasteiger partial charge in [0.1, 0.15) is 10.7 Å². The molecule has 28 heavy (non-hydrogen) atoms. The molecule has 3 rings (SSSR count). The van der Waals surface area contributed by atoms with Crippen LogP contribution in [0.3, 0.4) is 0 Å². The monoisotopic (exact) mass is 408 g/mol. The molecule has 1 saturated heterocycles. The van der Waals surface area contributed by atoms with Crippen LogP contribution in [0.15, 0.2) is 4.79 Å². The molecule has 1 amide bonds. The van der Waals surface area contributed by atoms with Gasteiger partial charge in [0, 0.05) is 32.7 Å². The standard InChI is InChI=1S/C18H28N6O3S/c1-4-6-14-15(28-21-19-14)17(25)22-9-7-13(8-10-22)16-20-24(11-12-27-3)18(26)23(16)5-2/h13H,4-12H2,1-3H3. The predicted molar refractivity (Wildman–Crippen MR) is 106 cm³/mol. The molecule has 154 valence electrons. The fourth-order valence-electron chi connectivity index (χ4n) is 3.64. The maximum Gasteiger partial charge on any atom is 0.345 e. The lowest BCUT2D eigenvalue weighted by Gasteiger charge is -2.31. The Bertz CT molecular complexity index is 850. The normalized spacial score (nSPS) is 15.3. The number of rotatable bonds is 8. The van der Waals surface area contributed by atoms with Crippen LogP contribution >= 0.6 is 11.5 Å². The van der Waals surface area contributed by atoms with Crippen LogP contribution in [0.1, 0.15) is 60.2 Å². The second-order valence-corrected chi connectivity index (χ2v) is 7.72. The summed E-state index contributed by atoms with van der Waals surface area (Å²) < 4.78 is 12.3. The van der Waals surface area contributed by atoms with Crippen molar-refractivity contribution in [1.82, 2.24) is 28.8 Å². The molecule has 0 saturated carbocycles. The van der Waals surface area contributed by atoms with Crippen LogP contribution in [0.4, 0.5) is 0 Å². The summed E-state index contributed by atoms with van der Waals surface area (Å²) in [6.07, 6.45) is 3.30. The summed E-state index contributed by atoms with van der Waals surface area (Å²) in [6.45, 7) is 6.82. The highest BCUT2D eigenvalue weighted by Crippen LogP contribution is 2.28. The van der Waals surface area contributed by atoms with Gasteiger partial charge in [0.05, 0.1) is 18.8 Å². The Morgan fingerprint density at radius 3 is 2.68 bits per heavy atom. The smallest absolute Gasteiger partial charge is 0.345 e. The first-order chi connectivity index (χ1) is 13.6. The van der Waals surface area contributed by atoms with E-state index >= 15 is 0 Å². The van der Waals surface area contributed by atoms with Crippen molar-refractivity contribution < 1.29 is 9.53 Å². The Morgan fingerprint density at radius 2 is 2.04 bits per heavy atom. The first-order valence-corrected chi connectivity index (χ1v) is 10.6. The number of carbonyl (C=O) groups is 1. The fourth-order valence-corrected chi connectivity index (χ4v) is 4.31. The number of nitrogens with zero attached hydrogens (tertiary/aromatic N) is 6. The first-order valence-electron chi connectivity index (χ1n) is 9.87. The highest BCUT2D eigenvalue weighted by atomic mass is 32.1. The number of aromatic nitrogens is 5. The molecule has 9 nitrogen and oxygen atoms in total. The Morgan fingerprint density at radius 1 is 1.29 bits per heavy atom. The Balaban J connectivity index is 1.69. The summed E-state index contributed by atoms with van der Waals surface area (Å²) in [6, 6.07) is 0. The van der Waals surface area contributed by atoms with Crippen LogP contribution in [-0.2, 0) is 24.2 Å². The molecule has 2 aromatic rings. The molecule has 0 radical (unpaired) electrons. The van der Waals surface area contributed by atoms with E-state index in [4.69, 9.17) is 4.74 Å². The molecule has 2 aromatic heterocycles. The molecule has 0 bridgehead atoms. The van der Waals surface area contributed by atoms with Crippen molar-refractivity contribution in [3.05, 3.63) is 26.9 Å². The molecule has 10 heteroatoms. The average molecular weight is 409 g/mol. The zero-order valence-corrected chi connectivity index (χ0v) is 17.6. The number of carbonyl (C=O) groups excluding carboxylic acids is 1. The summed E-state index contributed by atoms with van der Waals surface area (Å²) >= 11 is 1.18. The van der Waals surface area contributed by atoms with E-state index in [-0.39, 0.29) is 17.5 Å². The number of hydrogen-bond acceptors (Lipinski definition) is 7. The molecule has 0 atom stereocenters. The van der Waals surface area contributed by atoms with E-state index in [1.807, 2.05) is 11.8 Å². The van der Waals surface area contributed by atoms with Gasteiger partial charge in [-0.2, -0.15) is 5.10 Å². The van der Waals surface area contributed by atoms with Gasteiger partial charge in [-0.3, -0.25) is 9.36 Å². The Labute approximate surface area is 168 Å². The predicted octanol–water partition coefficient (Wildman–Crippen LogP) is 1.53. The largest absolute Gasteiger partial charge is 0.383 e. The van der Waals surface area contributed by atoms with E-state index in [2.05, 4.69) is 21.6 Å². The van der Waals surface area contributed by atoms with Gasteiger partial charge in [-0.25, -0.2) is 9.48 Å². The Kier molecular flexibility index (Phi) is 6.95. The zero-order chi connectivity index (χ0) is 20.1. The van der Waals surface area contributed by atoms with Crippen molar-refractivity contribution >= 4 is 17.4 Å². The highest BCUT2D eigenvalue weighted by molar-refractivity contribution is 7.08. The van der Waals surface area contributed by atoms with Crippen molar-refractivity contribution in [3.8, 4) is 0 Å². The molecule has 0 spiro atoms. The lowest BCUT2D eigenvalue weighted by atomic mass is 9.95. The lowest BCUT2D eigenvalue weighted by Crippen LogP contribution is -2.38. The van der Waals surface area contributed by atoms with Gasteiger partial charge in [0.25, 0.3) is 5.91 Å². The number of amides is 1. The summed E-state index contributed by atoms with van der Waals surface area (Å²) in [5.41, 5.74) is 0.712. The van der Waals surface area contributed by atoms with E-state index in [9.17, 15) is 9.59 Å². The molecular weight excluding hydrogens is 380 g/mol. The van der Waals surface area contributed by atoms with Crippen molar-refractivity contribution in [2.45, 2.75) is 58.5 Å². The molecule has 0 aliphatic carbocycles. The molecule has 1 aliphatic rings. The number of hydrogen-bond donors (Lipinski definition) is 0. The van der Waals surface area contributed by atoms with Crippen LogP contribution in [0.2, 0.25) is 0 Å². The van der Waals surface area contributed by atoms with E-state index in [1.54, 1.807) is 11.7 Å². The number of piperidine rings is 1. The summed E-state index contributed by atoms with van der Waals surface area (Å²) in [7, 11) is 1.61. The van der Waals surface area contributed by atoms with Crippen LogP contribution in [0.25, 0.3) is 0 Å². The van der Waals surface area contributed by atoms with Gasteiger partial charge in [-0.1, -0.05) is 17.8 Å². The van der Waals surface area contributed by atoms with Crippen LogP contribution < -0.4 is 5.69 Å². The maximum absolute atomic E-state index is 12.9. The fraction of sp³-hybridized carbons (Fsp3) is 0.722. The summed E-state index contributed by atoms with van der Waals surface area (Å²) in [5.74, 6) is 1.02. The van der Waals surface area contributed by atoms with Gasteiger partial charge in [0.2, 0.25) is 0 Å². The minimum Gasteiger partial charge on any atom is -0.383 e. The second-order valence-electron chi connectivity index (χ2n) is 6.97. The topological polar surface area (TPSA) is 95.1 Å². The molecule has 0 N–H and O–H groups in total.